The third kappa shape index (κ3) is 7.16. The molecule has 1 N–H and O–H groups in total. The molecule has 4 rings (SSSR count). The molecule has 188 valence electrons. The van der Waals surface area contributed by atoms with Gasteiger partial charge in [-0.2, -0.15) is 0 Å². The van der Waals surface area contributed by atoms with Crippen molar-refractivity contribution in [3.63, 3.8) is 0 Å². The summed E-state index contributed by atoms with van der Waals surface area (Å²) >= 11 is 0. The number of amides is 2. The van der Waals surface area contributed by atoms with E-state index in [4.69, 9.17) is 9.47 Å². The third-order valence-electron chi connectivity index (χ3n) is 6.21. The van der Waals surface area contributed by atoms with Crippen molar-refractivity contribution in [3.05, 3.63) is 95.6 Å². The lowest BCUT2D eigenvalue weighted by atomic mass is 10.1. The molecule has 2 amide bonds. The third-order valence-corrected chi connectivity index (χ3v) is 6.21. The fourth-order valence-electron chi connectivity index (χ4n) is 4.18. The van der Waals surface area contributed by atoms with Crippen LogP contribution in [0.15, 0.2) is 78.9 Å². The summed E-state index contributed by atoms with van der Waals surface area (Å²) in [6.45, 7) is 5.20. The number of nitrogens with one attached hydrogen (secondary N) is 1. The lowest BCUT2D eigenvalue weighted by molar-refractivity contribution is -0.120. The highest BCUT2D eigenvalue weighted by Crippen LogP contribution is 2.23. The van der Waals surface area contributed by atoms with Crippen LogP contribution in [0.3, 0.4) is 0 Å². The topological polar surface area (TPSA) is 71.1 Å². The number of methoxy groups -OCH3 is 1. The first-order valence-corrected chi connectivity index (χ1v) is 12.3. The summed E-state index contributed by atoms with van der Waals surface area (Å²) in [6.07, 6.45) is 0.298. The molecule has 0 aliphatic carbocycles. The van der Waals surface area contributed by atoms with E-state index in [0.29, 0.717) is 30.8 Å². The molecule has 0 aromatic heterocycles. The minimum absolute atomic E-state index is 0.00962. The molecule has 1 fully saturated rings. The second-order valence-corrected chi connectivity index (χ2v) is 8.76. The van der Waals surface area contributed by atoms with Crippen LogP contribution in [0.5, 0.6) is 5.75 Å². The van der Waals surface area contributed by atoms with E-state index < -0.39 is 0 Å². The van der Waals surface area contributed by atoms with Crippen molar-refractivity contribution in [1.82, 2.24) is 10.2 Å². The van der Waals surface area contributed by atoms with Gasteiger partial charge in [-0.3, -0.25) is 14.5 Å². The van der Waals surface area contributed by atoms with E-state index in [9.17, 15) is 9.59 Å². The number of ether oxygens (including phenoxy) is 2. The van der Waals surface area contributed by atoms with Crippen LogP contribution in [0.4, 0.5) is 5.69 Å². The molecular formula is C29H33N3O4. The number of anilines is 1. The molecule has 3 aromatic rings. The Morgan fingerprint density at radius 3 is 2.42 bits per heavy atom. The van der Waals surface area contributed by atoms with Gasteiger partial charge in [-0.1, -0.05) is 48.5 Å². The highest BCUT2D eigenvalue weighted by atomic mass is 16.5. The summed E-state index contributed by atoms with van der Waals surface area (Å²) in [7, 11) is 1.59. The van der Waals surface area contributed by atoms with Crippen molar-refractivity contribution < 1.29 is 19.1 Å². The molecule has 0 spiro atoms. The van der Waals surface area contributed by atoms with E-state index in [0.717, 1.165) is 49.7 Å². The summed E-state index contributed by atoms with van der Waals surface area (Å²) in [6, 6.07) is 24.7. The first-order chi connectivity index (χ1) is 17.6. The Labute approximate surface area is 212 Å². The summed E-state index contributed by atoms with van der Waals surface area (Å²) in [5, 5.41) is 3.00. The van der Waals surface area contributed by atoms with Gasteiger partial charge in [0.1, 0.15) is 5.75 Å². The van der Waals surface area contributed by atoms with Gasteiger partial charge in [0.05, 0.1) is 33.3 Å². The summed E-state index contributed by atoms with van der Waals surface area (Å²) in [5.74, 6) is 0.506. The number of morpholine rings is 1. The summed E-state index contributed by atoms with van der Waals surface area (Å²) < 4.78 is 10.7. The molecule has 7 heteroatoms. The van der Waals surface area contributed by atoms with Gasteiger partial charge in [0, 0.05) is 37.4 Å². The number of benzene rings is 3. The lowest BCUT2D eigenvalue weighted by Crippen LogP contribution is -2.41. The van der Waals surface area contributed by atoms with E-state index >= 15 is 0 Å². The molecule has 1 aliphatic rings. The predicted molar refractivity (Wildman–Crippen MR) is 140 cm³/mol. The van der Waals surface area contributed by atoms with Crippen LogP contribution in [0.1, 0.15) is 21.5 Å². The Kier molecular flexibility index (Phi) is 9.08. The Morgan fingerprint density at radius 1 is 0.944 bits per heavy atom. The van der Waals surface area contributed by atoms with Gasteiger partial charge in [0.2, 0.25) is 5.91 Å². The predicted octanol–water partition coefficient (Wildman–Crippen LogP) is 3.53. The van der Waals surface area contributed by atoms with E-state index in [2.05, 4.69) is 10.2 Å². The molecule has 0 radical (unpaired) electrons. The zero-order valence-electron chi connectivity index (χ0n) is 20.7. The zero-order valence-corrected chi connectivity index (χ0v) is 20.7. The Morgan fingerprint density at radius 2 is 1.69 bits per heavy atom. The van der Waals surface area contributed by atoms with Gasteiger partial charge in [-0.25, -0.2) is 0 Å². The molecular weight excluding hydrogens is 454 g/mol. The van der Waals surface area contributed by atoms with Gasteiger partial charge in [0.15, 0.2) is 0 Å². The van der Waals surface area contributed by atoms with Gasteiger partial charge < -0.3 is 19.7 Å². The highest BCUT2D eigenvalue weighted by molar-refractivity contribution is 6.06. The van der Waals surface area contributed by atoms with E-state index in [1.807, 2.05) is 66.7 Å². The molecule has 1 heterocycles. The molecule has 0 saturated carbocycles. The minimum Gasteiger partial charge on any atom is -0.497 e. The van der Waals surface area contributed by atoms with Crippen LogP contribution in [-0.2, 0) is 22.5 Å². The standard InChI is InChI=1S/C29H33N3O4/c1-35-27-9-5-8-25(21-27)29(34)32(22-24-6-3-2-4-7-24)26-12-10-23(11-13-26)20-28(33)30-14-15-31-16-18-36-19-17-31/h2-13,21H,14-20,22H2,1H3,(H,30,33). The van der Waals surface area contributed by atoms with Crippen molar-refractivity contribution >= 4 is 17.5 Å². The summed E-state index contributed by atoms with van der Waals surface area (Å²) in [4.78, 5) is 30.0. The van der Waals surface area contributed by atoms with Crippen LogP contribution in [0.2, 0.25) is 0 Å². The van der Waals surface area contributed by atoms with E-state index in [-0.39, 0.29) is 11.8 Å². The Hall–Kier alpha value is -3.68. The van der Waals surface area contributed by atoms with Crippen molar-refractivity contribution in [2.24, 2.45) is 0 Å². The second-order valence-electron chi connectivity index (χ2n) is 8.76. The van der Waals surface area contributed by atoms with Gasteiger partial charge >= 0.3 is 0 Å². The smallest absolute Gasteiger partial charge is 0.258 e. The number of rotatable bonds is 10. The molecule has 7 nitrogen and oxygen atoms in total. The van der Waals surface area contributed by atoms with Crippen LogP contribution in [-0.4, -0.2) is 63.2 Å². The largest absolute Gasteiger partial charge is 0.497 e. The van der Waals surface area contributed by atoms with Gasteiger partial charge in [-0.15, -0.1) is 0 Å². The summed E-state index contributed by atoms with van der Waals surface area (Å²) in [5.41, 5.74) is 3.24. The van der Waals surface area contributed by atoms with E-state index in [1.54, 1.807) is 24.1 Å². The Balaban J connectivity index is 1.42. The zero-order chi connectivity index (χ0) is 25.2. The first kappa shape index (κ1) is 25.4. The van der Waals surface area contributed by atoms with Gasteiger partial charge in [-0.05, 0) is 41.5 Å². The quantitative estimate of drug-likeness (QED) is 0.474. The molecule has 0 unspecified atom stereocenters. The van der Waals surface area contributed by atoms with Crippen molar-refractivity contribution in [3.8, 4) is 5.75 Å². The van der Waals surface area contributed by atoms with Crippen LogP contribution >= 0.6 is 0 Å². The SMILES string of the molecule is COc1cccc(C(=O)N(Cc2ccccc2)c2ccc(CC(=O)NCCN3CCOCC3)cc2)c1. The van der Waals surface area contributed by atoms with E-state index in [1.165, 1.54) is 0 Å². The molecule has 0 atom stereocenters. The van der Waals surface area contributed by atoms with Crippen LogP contribution < -0.4 is 15.0 Å². The maximum atomic E-state index is 13.5. The van der Waals surface area contributed by atoms with Crippen LogP contribution in [0.25, 0.3) is 0 Å². The lowest BCUT2D eigenvalue weighted by Gasteiger charge is -2.26. The van der Waals surface area contributed by atoms with Crippen molar-refractivity contribution in [1.29, 1.82) is 0 Å². The molecule has 3 aromatic carbocycles. The normalized spacial score (nSPS) is 13.7. The number of hydrogen-bond donors (Lipinski definition) is 1. The van der Waals surface area contributed by atoms with Gasteiger partial charge in [0.25, 0.3) is 5.91 Å². The maximum Gasteiger partial charge on any atom is 0.258 e. The number of hydrogen-bond acceptors (Lipinski definition) is 5. The monoisotopic (exact) mass is 487 g/mol. The highest BCUT2D eigenvalue weighted by Gasteiger charge is 2.19. The fraction of sp³-hybridized carbons (Fsp3) is 0.310. The number of carbonyl (C=O) groups is 2. The molecule has 0 bridgehead atoms. The maximum absolute atomic E-state index is 13.5. The van der Waals surface area contributed by atoms with Crippen molar-refractivity contribution in [2.75, 3.05) is 51.4 Å². The molecule has 36 heavy (non-hydrogen) atoms. The Bertz CT molecular complexity index is 1130. The minimum atomic E-state index is -0.119. The van der Waals surface area contributed by atoms with Crippen LogP contribution in [0, 0.1) is 0 Å². The average molecular weight is 488 g/mol. The second kappa shape index (κ2) is 12.9. The van der Waals surface area contributed by atoms with Crippen molar-refractivity contribution in [2.45, 2.75) is 13.0 Å². The average Bonchev–Trinajstić information content (AvgIpc) is 2.93. The number of carbonyl (C=O) groups excluding carboxylic acids is 2. The fourth-order valence-corrected chi connectivity index (χ4v) is 4.18. The number of nitrogens with zero attached hydrogens (tertiary/aromatic N) is 2. The first-order valence-electron chi connectivity index (χ1n) is 12.3. The molecule has 1 aliphatic heterocycles. The molecule has 1 saturated heterocycles.